The van der Waals surface area contributed by atoms with Gasteiger partial charge in [-0.2, -0.15) is 0 Å². The fourth-order valence-corrected chi connectivity index (χ4v) is 1.75. The van der Waals surface area contributed by atoms with E-state index in [0.29, 0.717) is 12.3 Å². The molecule has 0 aliphatic heterocycles. The summed E-state index contributed by atoms with van der Waals surface area (Å²) in [5, 5.41) is 5.83. The second-order valence-corrected chi connectivity index (χ2v) is 4.68. The van der Waals surface area contributed by atoms with Gasteiger partial charge in [0.2, 0.25) is 0 Å². The van der Waals surface area contributed by atoms with E-state index in [2.05, 4.69) is 17.6 Å². The van der Waals surface area contributed by atoms with Crippen molar-refractivity contribution in [3.05, 3.63) is 29.6 Å². The molecule has 0 heterocycles. The molecule has 20 heavy (non-hydrogen) atoms. The molecule has 1 rings (SSSR count). The molecule has 0 saturated carbocycles. The second kappa shape index (κ2) is 8.53. The van der Waals surface area contributed by atoms with Crippen molar-refractivity contribution in [3.8, 4) is 5.75 Å². The van der Waals surface area contributed by atoms with Crippen molar-refractivity contribution in [1.82, 2.24) is 10.6 Å². The lowest BCUT2D eigenvalue weighted by molar-refractivity contribution is -0.123. The standard InChI is InChI=1S/C15H23FN2O2/c1-4-5-8-18-15(19)10-20-14-9-12(16)6-7-13(14)11(2)17-3/h6-7,9,11,17H,4-5,8,10H2,1-3H3,(H,18,19). The Morgan fingerprint density at radius 2 is 2.20 bits per heavy atom. The lowest BCUT2D eigenvalue weighted by atomic mass is 10.1. The molecule has 0 saturated heterocycles. The predicted octanol–water partition coefficient (Wildman–Crippen LogP) is 2.40. The summed E-state index contributed by atoms with van der Waals surface area (Å²) in [7, 11) is 1.81. The van der Waals surface area contributed by atoms with Gasteiger partial charge in [0.25, 0.3) is 5.91 Å². The maximum absolute atomic E-state index is 13.3. The van der Waals surface area contributed by atoms with Crippen LogP contribution in [0.3, 0.4) is 0 Å². The summed E-state index contributed by atoms with van der Waals surface area (Å²) in [6, 6.07) is 4.38. The molecule has 5 heteroatoms. The first-order valence-electron chi connectivity index (χ1n) is 6.94. The number of unbranched alkanes of at least 4 members (excludes halogenated alkanes) is 1. The molecule has 0 aromatic heterocycles. The van der Waals surface area contributed by atoms with Gasteiger partial charge in [0.15, 0.2) is 6.61 Å². The van der Waals surface area contributed by atoms with Crippen molar-refractivity contribution < 1.29 is 13.9 Å². The Morgan fingerprint density at radius 1 is 1.45 bits per heavy atom. The summed E-state index contributed by atoms with van der Waals surface area (Å²) < 4.78 is 18.7. The van der Waals surface area contributed by atoms with Crippen LogP contribution >= 0.6 is 0 Å². The molecule has 0 aliphatic rings. The number of carbonyl (C=O) groups excluding carboxylic acids is 1. The van der Waals surface area contributed by atoms with Crippen LogP contribution in [0.5, 0.6) is 5.75 Å². The topological polar surface area (TPSA) is 50.4 Å². The number of rotatable bonds is 8. The molecular formula is C15H23FN2O2. The van der Waals surface area contributed by atoms with E-state index in [9.17, 15) is 9.18 Å². The number of nitrogens with one attached hydrogen (secondary N) is 2. The molecule has 1 amide bonds. The summed E-state index contributed by atoms with van der Waals surface area (Å²) in [5.41, 5.74) is 0.829. The molecule has 0 radical (unpaired) electrons. The third kappa shape index (κ3) is 5.17. The fourth-order valence-electron chi connectivity index (χ4n) is 1.75. The van der Waals surface area contributed by atoms with Crippen LogP contribution in [0, 0.1) is 5.82 Å². The molecule has 0 spiro atoms. The van der Waals surface area contributed by atoms with Crippen LogP contribution in [-0.4, -0.2) is 26.1 Å². The maximum Gasteiger partial charge on any atom is 0.257 e. The van der Waals surface area contributed by atoms with Gasteiger partial charge in [-0.05, 0) is 26.5 Å². The highest BCUT2D eigenvalue weighted by Gasteiger charge is 2.12. The zero-order valence-electron chi connectivity index (χ0n) is 12.3. The highest BCUT2D eigenvalue weighted by molar-refractivity contribution is 5.77. The minimum atomic E-state index is -0.376. The number of halogens is 1. The van der Waals surface area contributed by atoms with Gasteiger partial charge in [-0.1, -0.05) is 19.4 Å². The molecule has 0 fully saturated rings. The van der Waals surface area contributed by atoms with Crippen molar-refractivity contribution in [1.29, 1.82) is 0 Å². The molecule has 112 valence electrons. The van der Waals surface area contributed by atoms with Crippen LogP contribution in [0.1, 0.15) is 38.3 Å². The first-order chi connectivity index (χ1) is 9.58. The lowest BCUT2D eigenvalue weighted by Crippen LogP contribution is -2.30. The van der Waals surface area contributed by atoms with Crippen molar-refractivity contribution in [2.24, 2.45) is 0 Å². The molecule has 0 bridgehead atoms. The maximum atomic E-state index is 13.3. The molecule has 1 atom stereocenters. The smallest absolute Gasteiger partial charge is 0.257 e. The zero-order chi connectivity index (χ0) is 15.0. The number of hydrogen-bond donors (Lipinski definition) is 2. The molecule has 2 N–H and O–H groups in total. The van der Waals surface area contributed by atoms with Gasteiger partial charge < -0.3 is 15.4 Å². The summed E-state index contributed by atoms with van der Waals surface area (Å²) in [5.74, 6) is -0.165. The number of hydrogen-bond acceptors (Lipinski definition) is 3. The van der Waals surface area contributed by atoms with Crippen LogP contribution in [0.25, 0.3) is 0 Å². The van der Waals surface area contributed by atoms with E-state index < -0.39 is 0 Å². The van der Waals surface area contributed by atoms with Crippen LogP contribution in [0.4, 0.5) is 4.39 Å². The van der Waals surface area contributed by atoms with E-state index in [-0.39, 0.29) is 24.4 Å². The highest BCUT2D eigenvalue weighted by atomic mass is 19.1. The Balaban J connectivity index is 2.62. The minimum Gasteiger partial charge on any atom is -0.483 e. The van der Waals surface area contributed by atoms with E-state index in [1.54, 1.807) is 6.07 Å². The predicted molar refractivity (Wildman–Crippen MR) is 77.3 cm³/mol. The third-order valence-electron chi connectivity index (χ3n) is 3.09. The van der Waals surface area contributed by atoms with Crippen molar-refractivity contribution in [3.63, 3.8) is 0 Å². The summed E-state index contributed by atoms with van der Waals surface area (Å²) in [6.07, 6.45) is 1.96. The Labute approximate surface area is 119 Å². The average molecular weight is 282 g/mol. The molecule has 1 unspecified atom stereocenters. The van der Waals surface area contributed by atoms with Gasteiger partial charge in [-0.25, -0.2) is 4.39 Å². The fraction of sp³-hybridized carbons (Fsp3) is 0.533. The molecule has 0 aliphatic carbocycles. The van der Waals surface area contributed by atoms with Crippen molar-refractivity contribution in [2.45, 2.75) is 32.7 Å². The first kappa shape index (κ1) is 16.4. The summed E-state index contributed by atoms with van der Waals surface area (Å²) >= 11 is 0. The highest BCUT2D eigenvalue weighted by Crippen LogP contribution is 2.25. The molecular weight excluding hydrogens is 259 g/mol. The van der Waals surface area contributed by atoms with E-state index >= 15 is 0 Å². The van der Waals surface area contributed by atoms with Gasteiger partial charge in [-0.3, -0.25) is 4.79 Å². The largest absolute Gasteiger partial charge is 0.483 e. The van der Waals surface area contributed by atoms with E-state index in [4.69, 9.17) is 4.74 Å². The van der Waals surface area contributed by atoms with Crippen molar-refractivity contribution >= 4 is 5.91 Å². The third-order valence-corrected chi connectivity index (χ3v) is 3.09. The Morgan fingerprint density at radius 3 is 2.85 bits per heavy atom. The summed E-state index contributed by atoms with van der Waals surface area (Å²) in [4.78, 5) is 11.6. The second-order valence-electron chi connectivity index (χ2n) is 4.68. The Bertz CT molecular complexity index is 438. The lowest BCUT2D eigenvalue weighted by Gasteiger charge is -2.16. The zero-order valence-corrected chi connectivity index (χ0v) is 12.3. The van der Waals surface area contributed by atoms with Gasteiger partial charge in [-0.15, -0.1) is 0 Å². The number of ether oxygens (including phenoxy) is 1. The molecule has 1 aromatic carbocycles. The minimum absolute atomic E-state index is 0.0220. The van der Waals surface area contributed by atoms with Gasteiger partial charge in [0, 0.05) is 24.2 Å². The van der Waals surface area contributed by atoms with Gasteiger partial charge in [0.1, 0.15) is 11.6 Å². The quantitative estimate of drug-likeness (QED) is 0.720. The first-order valence-corrected chi connectivity index (χ1v) is 6.94. The molecule has 1 aromatic rings. The van der Waals surface area contributed by atoms with E-state index in [1.165, 1.54) is 12.1 Å². The number of carbonyl (C=O) groups is 1. The normalized spacial score (nSPS) is 12.0. The Hall–Kier alpha value is -1.62. The van der Waals surface area contributed by atoms with Gasteiger partial charge in [0.05, 0.1) is 0 Å². The number of benzene rings is 1. The van der Waals surface area contributed by atoms with Crippen LogP contribution in [0.15, 0.2) is 18.2 Å². The number of amides is 1. The van der Waals surface area contributed by atoms with Crippen LogP contribution < -0.4 is 15.4 Å². The van der Waals surface area contributed by atoms with Gasteiger partial charge >= 0.3 is 0 Å². The van der Waals surface area contributed by atoms with Crippen molar-refractivity contribution in [2.75, 3.05) is 20.2 Å². The SMILES string of the molecule is CCCCNC(=O)COc1cc(F)ccc1C(C)NC. The summed E-state index contributed by atoms with van der Waals surface area (Å²) in [6.45, 7) is 4.54. The van der Waals surface area contributed by atoms with E-state index in [0.717, 1.165) is 18.4 Å². The van der Waals surface area contributed by atoms with Crippen LogP contribution in [-0.2, 0) is 4.79 Å². The van der Waals surface area contributed by atoms with Crippen LogP contribution in [0.2, 0.25) is 0 Å². The Kier molecular flexibility index (Phi) is 7.01. The van der Waals surface area contributed by atoms with E-state index in [1.807, 2.05) is 14.0 Å². The monoisotopic (exact) mass is 282 g/mol. The average Bonchev–Trinajstić information content (AvgIpc) is 2.44. The molecule has 4 nitrogen and oxygen atoms in total.